The summed E-state index contributed by atoms with van der Waals surface area (Å²) in [7, 11) is -1.75. The number of anilines is 2. The minimum atomic E-state index is -1.75. The van der Waals surface area contributed by atoms with E-state index in [1.807, 2.05) is 0 Å². The van der Waals surface area contributed by atoms with E-state index in [0.717, 1.165) is 13.1 Å². The summed E-state index contributed by atoms with van der Waals surface area (Å²) in [5.74, 6) is -0.548. The van der Waals surface area contributed by atoms with Crippen molar-refractivity contribution in [2.75, 3.05) is 36.2 Å². The van der Waals surface area contributed by atoms with Crippen LogP contribution in [0.4, 0.5) is 15.2 Å². The number of thiazole rings is 1. The summed E-state index contributed by atoms with van der Waals surface area (Å²) in [4.78, 5) is 6.55. The van der Waals surface area contributed by atoms with Crippen molar-refractivity contribution >= 4 is 44.7 Å². The van der Waals surface area contributed by atoms with Gasteiger partial charge in [-0.2, -0.15) is 0 Å². The average molecular weight is 429 g/mol. The molecular formula is C18H22ClFN4OS2. The second-order valence-electron chi connectivity index (χ2n) is 7.31. The molecule has 0 radical (unpaired) electrons. The van der Waals surface area contributed by atoms with Crippen LogP contribution in [-0.4, -0.2) is 40.3 Å². The van der Waals surface area contributed by atoms with Gasteiger partial charge in [0.2, 0.25) is 0 Å². The van der Waals surface area contributed by atoms with Crippen molar-refractivity contribution in [1.29, 1.82) is 0 Å². The molecule has 9 heteroatoms. The third-order valence-corrected chi connectivity index (χ3v) is 7.42. The summed E-state index contributed by atoms with van der Waals surface area (Å²) in [6, 6.07) is 2.76. The molecule has 2 heterocycles. The Labute approximate surface area is 169 Å². The van der Waals surface area contributed by atoms with Crippen LogP contribution in [0, 0.1) is 11.2 Å². The van der Waals surface area contributed by atoms with Gasteiger partial charge in [0.1, 0.15) is 5.82 Å². The number of halogens is 2. The van der Waals surface area contributed by atoms with Gasteiger partial charge in [-0.15, -0.1) is 11.3 Å². The molecule has 0 amide bonds. The van der Waals surface area contributed by atoms with Crippen LogP contribution in [0.25, 0.3) is 0 Å². The molecule has 1 saturated heterocycles. The largest absolute Gasteiger partial charge is 0.383 e. The molecular weight excluding hydrogens is 407 g/mol. The molecule has 0 bridgehead atoms. The van der Waals surface area contributed by atoms with Crippen LogP contribution in [0.15, 0.2) is 28.6 Å². The Balaban J connectivity index is 1.40. The molecule has 2 fully saturated rings. The standard InChI is InChI=1S/C18H22ClFN4OS2/c19-13-9-16(27(25)23-17-21-5-8-26-17)14(20)10-15(13)22-11-18(3-4-18)12-24-6-1-2-7-24/h5,8-10,22H,1-4,6-7,11-12H2,(H,21,23). The van der Waals surface area contributed by atoms with Gasteiger partial charge in [-0.25, -0.2) is 13.6 Å². The van der Waals surface area contributed by atoms with E-state index in [9.17, 15) is 8.60 Å². The van der Waals surface area contributed by atoms with Crippen molar-refractivity contribution in [2.45, 2.75) is 30.6 Å². The maximum Gasteiger partial charge on any atom is 0.194 e. The molecule has 2 aromatic rings. The smallest absolute Gasteiger partial charge is 0.194 e. The molecule has 1 aromatic heterocycles. The molecule has 5 nitrogen and oxygen atoms in total. The third-order valence-electron chi connectivity index (χ3n) is 5.20. The lowest BCUT2D eigenvalue weighted by Gasteiger charge is -2.24. The highest BCUT2D eigenvalue weighted by atomic mass is 35.5. The van der Waals surface area contributed by atoms with Crippen LogP contribution in [0.1, 0.15) is 25.7 Å². The Morgan fingerprint density at radius 2 is 2.11 bits per heavy atom. The fourth-order valence-electron chi connectivity index (χ4n) is 3.48. The van der Waals surface area contributed by atoms with E-state index < -0.39 is 16.8 Å². The minimum Gasteiger partial charge on any atom is -0.383 e. The normalized spacial score (nSPS) is 19.8. The highest BCUT2D eigenvalue weighted by Crippen LogP contribution is 2.47. The summed E-state index contributed by atoms with van der Waals surface area (Å²) in [6.45, 7) is 4.25. The van der Waals surface area contributed by atoms with Crippen molar-refractivity contribution in [1.82, 2.24) is 9.88 Å². The fourth-order valence-corrected chi connectivity index (χ4v) is 5.35. The molecule has 1 aliphatic carbocycles. The molecule has 1 unspecified atom stereocenters. The van der Waals surface area contributed by atoms with Crippen molar-refractivity contribution in [2.24, 2.45) is 5.41 Å². The van der Waals surface area contributed by atoms with E-state index in [1.54, 1.807) is 11.6 Å². The first kappa shape index (κ1) is 19.1. The first-order chi connectivity index (χ1) is 13.0. The van der Waals surface area contributed by atoms with Crippen molar-refractivity contribution in [3.05, 3.63) is 34.5 Å². The number of nitrogens with one attached hydrogen (secondary N) is 2. The molecule has 1 saturated carbocycles. The molecule has 27 heavy (non-hydrogen) atoms. The zero-order chi connectivity index (χ0) is 18.9. The maximum absolute atomic E-state index is 14.5. The number of hydrogen-bond acceptors (Lipinski definition) is 5. The van der Waals surface area contributed by atoms with E-state index >= 15 is 0 Å². The summed E-state index contributed by atoms with van der Waals surface area (Å²) in [5, 5.41) is 5.92. The SMILES string of the molecule is O=S(Nc1nccs1)c1cc(Cl)c(NCC2(CN3CCCC3)CC2)cc1F. The lowest BCUT2D eigenvalue weighted by atomic mass is 10.1. The van der Waals surface area contributed by atoms with Gasteiger partial charge in [0.25, 0.3) is 0 Å². The zero-order valence-corrected chi connectivity index (χ0v) is 17.2. The molecule has 146 valence electrons. The van der Waals surface area contributed by atoms with Crippen LogP contribution < -0.4 is 10.0 Å². The molecule has 1 aliphatic heterocycles. The van der Waals surface area contributed by atoms with Gasteiger partial charge in [-0.05, 0) is 50.9 Å². The van der Waals surface area contributed by atoms with E-state index in [1.165, 1.54) is 62.2 Å². The average Bonchev–Trinajstić information content (AvgIpc) is 3.02. The van der Waals surface area contributed by atoms with Crippen LogP contribution in [0.3, 0.4) is 0 Å². The summed E-state index contributed by atoms with van der Waals surface area (Å²) >= 11 is 7.63. The first-order valence-corrected chi connectivity index (χ1v) is 11.5. The first-order valence-electron chi connectivity index (χ1n) is 9.08. The highest BCUT2D eigenvalue weighted by Gasteiger charge is 2.44. The van der Waals surface area contributed by atoms with Gasteiger partial charge >= 0.3 is 0 Å². The van der Waals surface area contributed by atoms with Crippen LogP contribution in [0.5, 0.6) is 0 Å². The summed E-state index contributed by atoms with van der Waals surface area (Å²) in [5.41, 5.74) is 0.828. The van der Waals surface area contributed by atoms with Crippen LogP contribution >= 0.6 is 22.9 Å². The van der Waals surface area contributed by atoms with Gasteiger partial charge in [-0.1, -0.05) is 11.6 Å². The Morgan fingerprint density at radius 1 is 1.33 bits per heavy atom. The molecule has 2 N–H and O–H groups in total. The summed E-state index contributed by atoms with van der Waals surface area (Å²) in [6.07, 6.45) is 6.55. The van der Waals surface area contributed by atoms with E-state index in [2.05, 4.69) is 19.9 Å². The van der Waals surface area contributed by atoms with E-state index in [0.29, 0.717) is 15.8 Å². The minimum absolute atomic E-state index is 0.0268. The third kappa shape index (κ3) is 4.62. The van der Waals surface area contributed by atoms with Crippen molar-refractivity contribution < 1.29 is 8.60 Å². The molecule has 2 aliphatic rings. The molecule has 4 rings (SSSR count). The predicted octanol–water partition coefficient (Wildman–Crippen LogP) is 4.36. The van der Waals surface area contributed by atoms with Gasteiger partial charge in [-0.3, -0.25) is 4.72 Å². The topological polar surface area (TPSA) is 57.3 Å². The monoisotopic (exact) mass is 428 g/mol. The molecule has 1 aromatic carbocycles. The Hall–Kier alpha value is -1.22. The number of likely N-dealkylation sites (tertiary alicyclic amines) is 1. The fraction of sp³-hybridized carbons (Fsp3) is 0.500. The maximum atomic E-state index is 14.5. The van der Waals surface area contributed by atoms with Crippen LogP contribution in [-0.2, 0) is 11.0 Å². The second kappa shape index (κ2) is 8.03. The van der Waals surface area contributed by atoms with Crippen LogP contribution in [0.2, 0.25) is 5.02 Å². The number of benzene rings is 1. The highest BCUT2D eigenvalue weighted by molar-refractivity contribution is 7.86. The number of hydrogen-bond donors (Lipinski definition) is 2. The zero-order valence-electron chi connectivity index (χ0n) is 14.8. The van der Waals surface area contributed by atoms with Gasteiger partial charge in [0, 0.05) is 30.1 Å². The lowest BCUT2D eigenvalue weighted by molar-refractivity contribution is 0.271. The van der Waals surface area contributed by atoms with Crippen molar-refractivity contribution in [3.8, 4) is 0 Å². The Bertz CT molecular complexity index is 823. The van der Waals surface area contributed by atoms with E-state index in [4.69, 9.17) is 11.6 Å². The molecule has 0 spiro atoms. The number of nitrogens with zero attached hydrogens (tertiary/aromatic N) is 2. The van der Waals surface area contributed by atoms with Gasteiger partial charge in [0.05, 0.1) is 15.6 Å². The molecule has 1 atom stereocenters. The van der Waals surface area contributed by atoms with Gasteiger partial charge < -0.3 is 10.2 Å². The second-order valence-corrected chi connectivity index (χ2v) is 9.79. The Kier molecular flexibility index (Phi) is 5.68. The lowest BCUT2D eigenvalue weighted by Crippen LogP contribution is -2.31. The Morgan fingerprint density at radius 3 is 2.78 bits per heavy atom. The predicted molar refractivity (Wildman–Crippen MR) is 109 cm³/mol. The van der Waals surface area contributed by atoms with Crippen molar-refractivity contribution in [3.63, 3.8) is 0 Å². The number of aromatic nitrogens is 1. The van der Waals surface area contributed by atoms with E-state index in [-0.39, 0.29) is 10.3 Å². The number of rotatable bonds is 8. The van der Waals surface area contributed by atoms with Gasteiger partial charge in [0.15, 0.2) is 16.1 Å². The summed E-state index contributed by atoms with van der Waals surface area (Å²) < 4.78 is 29.6. The quantitative estimate of drug-likeness (QED) is 0.656.